The second-order valence-electron chi connectivity index (χ2n) is 12.3. The Kier molecular flexibility index (Phi) is 12.8. The maximum atomic E-state index is 13.6. The summed E-state index contributed by atoms with van der Waals surface area (Å²) in [4.78, 5) is 27.0. The number of carboxylic acids is 1. The number of nitrogens with one attached hydrogen (secondary N) is 1. The van der Waals surface area contributed by atoms with E-state index in [2.05, 4.69) is 11.9 Å². The summed E-state index contributed by atoms with van der Waals surface area (Å²) in [5.74, 6) is -8.55. The maximum Gasteiger partial charge on any atom is 0.342 e. The van der Waals surface area contributed by atoms with Crippen molar-refractivity contribution in [3.63, 3.8) is 0 Å². The standard InChI is InChI=1S/C32H46N2O15/c1-3-21-28(48-29-25(46-18-33-2)32(43,44)24(37)23(16-36)47-29)45-17-22(27(40)49-30(41)8-5-4-6-9-30)31(21,42)10-7-19-13-20(26(38)39)15-34(14-19)11-12-35/h3,7,10,13,15,17,21,23-25,28-29,33,35-37,41-44H,1,4-6,8-9,11-12,14,16,18H2,2H3,(H,38,39)/b10-7+/t21-,23+,24+,25-,28-,29-,31+/m0/s1. The Hall–Kier alpha value is -3.20. The van der Waals surface area contributed by atoms with Gasteiger partial charge in [-0.3, -0.25) is 5.32 Å². The summed E-state index contributed by atoms with van der Waals surface area (Å²) >= 11 is 0. The van der Waals surface area contributed by atoms with Gasteiger partial charge in [0, 0.05) is 32.1 Å². The lowest BCUT2D eigenvalue weighted by atomic mass is 9.78. The van der Waals surface area contributed by atoms with E-state index in [9.17, 15) is 50.4 Å². The van der Waals surface area contributed by atoms with Crippen LogP contribution in [0.15, 0.2) is 60.1 Å². The zero-order chi connectivity index (χ0) is 36.0. The molecule has 17 heteroatoms. The number of ether oxygens (including phenoxy) is 5. The smallest absolute Gasteiger partial charge is 0.342 e. The number of hydrogen-bond acceptors (Lipinski definition) is 16. The van der Waals surface area contributed by atoms with Gasteiger partial charge in [0.15, 0.2) is 12.4 Å². The lowest BCUT2D eigenvalue weighted by Gasteiger charge is -2.48. The molecule has 1 aliphatic carbocycles. The first-order chi connectivity index (χ1) is 23.2. The van der Waals surface area contributed by atoms with Crippen molar-refractivity contribution in [2.24, 2.45) is 5.92 Å². The highest BCUT2D eigenvalue weighted by Gasteiger charge is 2.58. The molecule has 0 bridgehead atoms. The molecule has 0 aromatic heterocycles. The molecule has 274 valence electrons. The molecule has 1 saturated heterocycles. The van der Waals surface area contributed by atoms with E-state index < -0.39 is 78.1 Å². The van der Waals surface area contributed by atoms with Crippen LogP contribution in [-0.4, -0.2) is 146 Å². The van der Waals surface area contributed by atoms with Crippen LogP contribution in [0.5, 0.6) is 0 Å². The third-order valence-electron chi connectivity index (χ3n) is 8.80. The van der Waals surface area contributed by atoms with Crippen molar-refractivity contribution in [3.05, 3.63) is 60.1 Å². The maximum absolute atomic E-state index is 13.6. The third kappa shape index (κ3) is 8.58. The SMILES string of the molecule is C=C[C@H]1[C@H](O[C@@H]2O[C@H](CO)[C@@H](O)C(O)(O)[C@H]2OCNC)OC=C(C(=O)OC2(O)CCCCC2)[C@@]1(O)/C=C/C1=CC(C(=O)O)=CN(CCO)C1. The van der Waals surface area contributed by atoms with E-state index in [1.807, 2.05) is 0 Å². The molecular weight excluding hydrogens is 652 g/mol. The molecule has 9 N–H and O–H groups in total. The van der Waals surface area contributed by atoms with Crippen molar-refractivity contribution < 1.29 is 74.1 Å². The van der Waals surface area contributed by atoms with Crippen LogP contribution in [0.2, 0.25) is 0 Å². The molecular formula is C32H46N2O15. The van der Waals surface area contributed by atoms with Crippen LogP contribution >= 0.6 is 0 Å². The molecule has 2 fully saturated rings. The summed E-state index contributed by atoms with van der Waals surface area (Å²) in [6.45, 7) is 2.64. The Morgan fingerprint density at radius 3 is 2.47 bits per heavy atom. The first kappa shape index (κ1) is 38.6. The van der Waals surface area contributed by atoms with Gasteiger partial charge in [-0.25, -0.2) is 9.59 Å². The number of β-amino-alcohol motifs (C(OH)–C–C–N with tert-alkyl or cyclic N) is 1. The first-order valence-electron chi connectivity index (χ1n) is 15.9. The largest absolute Gasteiger partial charge is 0.478 e. The number of aliphatic hydroxyl groups excluding tert-OH is 3. The normalized spacial score (nSPS) is 32.8. The zero-order valence-corrected chi connectivity index (χ0v) is 27.1. The lowest BCUT2D eigenvalue weighted by molar-refractivity contribution is -0.412. The molecule has 0 spiro atoms. The van der Waals surface area contributed by atoms with Gasteiger partial charge in [0.1, 0.15) is 29.6 Å². The fraction of sp³-hybridized carbons (Fsp3) is 0.625. The van der Waals surface area contributed by atoms with Crippen LogP contribution in [0, 0.1) is 5.92 Å². The third-order valence-corrected chi connectivity index (χ3v) is 8.80. The van der Waals surface area contributed by atoms with Crippen LogP contribution in [-0.2, 0) is 33.3 Å². The molecule has 3 aliphatic heterocycles. The molecule has 7 atom stereocenters. The van der Waals surface area contributed by atoms with E-state index in [-0.39, 0.29) is 44.8 Å². The summed E-state index contributed by atoms with van der Waals surface area (Å²) < 4.78 is 28.3. The minimum absolute atomic E-state index is 0.103. The first-order valence-corrected chi connectivity index (χ1v) is 15.9. The van der Waals surface area contributed by atoms with E-state index in [1.54, 1.807) is 4.90 Å². The number of aliphatic hydroxyl groups is 7. The summed E-state index contributed by atoms with van der Waals surface area (Å²) in [7, 11) is 1.50. The minimum atomic E-state index is -2.99. The van der Waals surface area contributed by atoms with Gasteiger partial charge in [-0.2, -0.15) is 0 Å². The number of carbonyl (C=O) groups is 2. The van der Waals surface area contributed by atoms with Gasteiger partial charge in [-0.1, -0.05) is 18.6 Å². The van der Waals surface area contributed by atoms with Gasteiger partial charge in [-0.05, 0) is 37.6 Å². The van der Waals surface area contributed by atoms with Crippen LogP contribution in [0.25, 0.3) is 0 Å². The molecule has 0 radical (unpaired) electrons. The fourth-order valence-electron chi connectivity index (χ4n) is 6.15. The van der Waals surface area contributed by atoms with E-state index in [0.29, 0.717) is 18.4 Å². The molecule has 3 heterocycles. The Morgan fingerprint density at radius 2 is 1.86 bits per heavy atom. The summed E-state index contributed by atoms with van der Waals surface area (Å²) in [5, 5.41) is 86.8. The average molecular weight is 699 g/mol. The second-order valence-corrected chi connectivity index (χ2v) is 12.3. The van der Waals surface area contributed by atoms with Crippen molar-refractivity contribution in [1.82, 2.24) is 10.2 Å². The number of aliphatic carboxylic acids is 1. The van der Waals surface area contributed by atoms with Gasteiger partial charge in [-0.15, -0.1) is 6.58 Å². The Morgan fingerprint density at radius 1 is 1.14 bits per heavy atom. The van der Waals surface area contributed by atoms with Crippen molar-refractivity contribution in [3.8, 4) is 0 Å². The second kappa shape index (κ2) is 16.2. The summed E-state index contributed by atoms with van der Waals surface area (Å²) in [6, 6.07) is 0. The van der Waals surface area contributed by atoms with E-state index >= 15 is 0 Å². The van der Waals surface area contributed by atoms with Crippen LogP contribution in [0.1, 0.15) is 32.1 Å². The van der Waals surface area contributed by atoms with Crippen LogP contribution in [0.3, 0.4) is 0 Å². The highest BCUT2D eigenvalue weighted by molar-refractivity contribution is 5.92. The minimum Gasteiger partial charge on any atom is -0.478 e. The Labute approximate surface area is 282 Å². The Balaban J connectivity index is 1.73. The van der Waals surface area contributed by atoms with Gasteiger partial charge in [0.2, 0.25) is 17.9 Å². The summed E-state index contributed by atoms with van der Waals surface area (Å²) in [6.07, 6.45) is 0.989. The molecule has 0 amide bonds. The van der Waals surface area contributed by atoms with Crippen molar-refractivity contribution in [1.29, 1.82) is 0 Å². The molecule has 0 unspecified atom stereocenters. The zero-order valence-electron chi connectivity index (χ0n) is 27.1. The van der Waals surface area contributed by atoms with Crippen LogP contribution in [0.4, 0.5) is 0 Å². The highest BCUT2D eigenvalue weighted by Crippen LogP contribution is 2.42. The summed E-state index contributed by atoms with van der Waals surface area (Å²) in [5.41, 5.74) is -2.58. The van der Waals surface area contributed by atoms with Gasteiger partial charge < -0.3 is 69.4 Å². The number of hydrogen-bond donors (Lipinski definition) is 9. The predicted molar refractivity (Wildman–Crippen MR) is 166 cm³/mol. The number of nitrogens with zero attached hydrogens (tertiary/aromatic N) is 1. The van der Waals surface area contributed by atoms with Crippen molar-refractivity contribution >= 4 is 11.9 Å². The van der Waals surface area contributed by atoms with Crippen molar-refractivity contribution in [2.45, 2.75) is 80.2 Å². The number of rotatable bonds is 14. The highest BCUT2D eigenvalue weighted by atomic mass is 16.8. The van der Waals surface area contributed by atoms with Gasteiger partial charge >= 0.3 is 11.9 Å². The quantitative estimate of drug-likeness (QED) is 0.0543. The topological polar surface area (TPSA) is 257 Å². The fourth-order valence-corrected chi connectivity index (χ4v) is 6.15. The van der Waals surface area contributed by atoms with E-state index in [0.717, 1.165) is 12.7 Å². The molecule has 4 rings (SSSR count). The van der Waals surface area contributed by atoms with E-state index in [4.69, 9.17) is 23.7 Å². The molecule has 0 aromatic carbocycles. The molecule has 4 aliphatic rings. The molecule has 0 aromatic rings. The number of carbonyl (C=O) groups excluding carboxylic acids is 1. The monoisotopic (exact) mass is 698 g/mol. The Bertz CT molecular complexity index is 1320. The van der Waals surface area contributed by atoms with Crippen LogP contribution < -0.4 is 5.32 Å². The molecule has 1 saturated carbocycles. The predicted octanol–water partition coefficient (Wildman–Crippen LogP) is -1.95. The molecule has 49 heavy (non-hydrogen) atoms. The lowest BCUT2D eigenvalue weighted by Crippen LogP contribution is -2.69. The number of carboxylic acid groups (broad SMARTS) is 1. The van der Waals surface area contributed by atoms with Crippen molar-refractivity contribution in [2.75, 3.05) is 40.1 Å². The van der Waals surface area contributed by atoms with Gasteiger partial charge in [0.05, 0.1) is 31.4 Å². The van der Waals surface area contributed by atoms with Gasteiger partial charge in [0.25, 0.3) is 0 Å². The average Bonchev–Trinajstić information content (AvgIpc) is 3.05. The van der Waals surface area contributed by atoms with E-state index in [1.165, 1.54) is 37.6 Å². The number of esters is 1. The molecule has 17 nitrogen and oxygen atoms in total.